The molecule has 0 saturated heterocycles. The lowest BCUT2D eigenvalue weighted by Crippen LogP contribution is -1.96. The Morgan fingerprint density at radius 3 is 2.65 bits per heavy atom. The average Bonchev–Trinajstić information content (AvgIpc) is 2.81. The third kappa shape index (κ3) is 1.93. The van der Waals surface area contributed by atoms with E-state index < -0.39 is 5.97 Å². The Hall–Kier alpha value is -2.69. The standard InChI is InChI=1S/C15H13N3O2/c1-8-6-7-10(9(2)16-8)14-17-12-5-3-4-11(15(19)20)13(12)18-14/h3-7H,1-2H3,(H,17,18)(H,19,20). The van der Waals surface area contributed by atoms with Crippen molar-refractivity contribution >= 4 is 17.0 Å². The number of imidazole rings is 1. The van der Waals surface area contributed by atoms with E-state index in [0.29, 0.717) is 16.9 Å². The van der Waals surface area contributed by atoms with E-state index in [9.17, 15) is 9.90 Å². The maximum Gasteiger partial charge on any atom is 0.337 e. The van der Waals surface area contributed by atoms with E-state index in [-0.39, 0.29) is 5.56 Å². The molecule has 0 unspecified atom stereocenters. The van der Waals surface area contributed by atoms with Crippen LogP contribution in [0, 0.1) is 13.8 Å². The monoisotopic (exact) mass is 267 g/mol. The fourth-order valence-electron chi connectivity index (χ4n) is 2.27. The van der Waals surface area contributed by atoms with Crippen molar-refractivity contribution in [2.75, 3.05) is 0 Å². The number of pyridine rings is 1. The number of carboxylic acids is 1. The van der Waals surface area contributed by atoms with Crippen molar-refractivity contribution in [2.24, 2.45) is 0 Å². The highest BCUT2D eigenvalue weighted by Gasteiger charge is 2.14. The predicted octanol–water partition coefficient (Wildman–Crippen LogP) is 2.94. The summed E-state index contributed by atoms with van der Waals surface area (Å²) in [5.74, 6) is -0.342. The van der Waals surface area contributed by atoms with Crippen LogP contribution in [0.15, 0.2) is 30.3 Å². The van der Waals surface area contributed by atoms with Gasteiger partial charge in [0.1, 0.15) is 11.3 Å². The van der Waals surface area contributed by atoms with Crippen LogP contribution in [0.3, 0.4) is 0 Å². The molecule has 3 rings (SSSR count). The first kappa shape index (κ1) is 12.3. The fourth-order valence-corrected chi connectivity index (χ4v) is 2.27. The molecule has 5 nitrogen and oxygen atoms in total. The smallest absolute Gasteiger partial charge is 0.337 e. The molecule has 0 atom stereocenters. The van der Waals surface area contributed by atoms with Crippen molar-refractivity contribution in [2.45, 2.75) is 13.8 Å². The lowest BCUT2D eigenvalue weighted by atomic mass is 10.2. The Bertz CT molecular complexity index is 821. The van der Waals surface area contributed by atoms with Gasteiger partial charge in [-0.15, -0.1) is 0 Å². The maximum absolute atomic E-state index is 11.2. The van der Waals surface area contributed by atoms with Crippen LogP contribution in [-0.4, -0.2) is 26.0 Å². The number of nitrogens with one attached hydrogen (secondary N) is 1. The van der Waals surface area contributed by atoms with Crippen molar-refractivity contribution in [3.63, 3.8) is 0 Å². The summed E-state index contributed by atoms with van der Waals surface area (Å²) in [6.07, 6.45) is 0. The predicted molar refractivity (Wildman–Crippen MR) is 75.8 cm³/mol. The summed E-state index contributed by atoms with van der Waals surface area (Å²) in [5, 5.41) is 9.19. The normalized spacial score (nSPS) is 10.9. The minimum atomic E-state index is -0.979. The van der Waals surface area contributed by atoms with Gasteiger partial charge in [0.15, 0.2) is 0 Å². The molecule has 0 aliphatic carbocycles. The Morgan fingerprint density at radius 1 is 1.15 bits per heavy atom. The zero-order valence-electron chi connectivity index (χ0n) is 11.1. The highest BCUT2D eigenvalue weighted by Crippen LogP contribution is 2.24. The number of carbonyl (C=O) groups is 1. The van der Waals surface area contributed by atoms with Crippen LogP contribution >= 0.6 is 0 Å². The molecule has 2 heterocycles. The highest BCUT2D eigenvalue weighted by atomic mass is 16.4. The number of aromatic carboxylic acids is 1. The summed E-state index contributed by atoms with van der Waals surface area (Å²) in [7, 11) is 0. The molecule has 0 aliphatic heterocycles. The van der Waals surface area contributed by atoms with Crippen molar-refractivity contribution in [1.29, 1.82) is 0 Å². The molecule has 3 aromatic rings. The molecule has 0 bridgehead atoms. The molecule has 2 N–H and O–H groups in total. The molecule has 0 amide bonds. The summed E-state index contributed by atoms with van der Waals surface area (Å²) in [6.45, 7) is 3.84. The number of H-pyrrole nitrogens is 1. The number of aromatic nitrogens is 3. The number of para-hydroxylation sites is 1. The topological polar surface area (TPSA) is 78.9 Å². The number of nitrogens with zero attached hydrogens (tertiary/aromatic N) is 2. The van der Waals surface area contributed by atoms with Crippen LogP contribution in [0.4, 0.5) is 0 Å². The van der Waals surface area contributed by atoms with Crippen molar-refractivity contribution in [3.8, 4) is 11.4 Å². The first-order valence-electron chi connectivity index (χ1n) is 6.23. The number of hydrogen-bond acceptors (Lipinski definition) is 3. The van der Waals surface area contributed by atoms with E-state index in [0.717, 1.165) is 17.0 Å². The highest BCUT2D eigenvalue weighted by molar-refractivity contribution is 6.01. The lowest BCUT2D eigenvalue weighted by Gasteiger charge is -2.02. The number of aryl methyl sites for hydroxylation is 2. The SMILES string of the molecule is Cc1ccc(-c2nc3c(C(=O)O)cccc3[nH]2)c(C)n1. The fraction of sp³-hybridized carbons (Fsp3) is 0.133. The minimum absolute atomic E-state index is 0.197. The van der Waals surface area contributed by atoms with Gasteiger partial charge in [0.2, 0.25) is 0 Å². The van der Waals surface area contributed by atoms with Gasteiger partial charge in [-0.3, -0.25) is 4.98 Å². The number of benzene rings is 1. The van der Waals surface area contributed by atoms with Crippen LogP contribution < -0.4 is 0 Å². The molecule has 0 saturated carbocycles. The Kier molecular flexibility index (Phi) is 2.75. The van der Waals surface area contributed by atoms with Gasteiger partial charge in [-0.2, -0.15) is 0 Å². The number of hydrogen-bond donors (Lipinski definition) is 2. The third-order valence-electron chi connectivity index (χ3n) is 3.22. The van der Waals surface area contributed by atoms with Gasteiger partial charge in [0, 0.05) is 17.0 Å². The summed E-state index contributed by atoms with van der Waals surface area (Å²) in [4.78, 5) is 23.2. The van der Waals surface area contributed by atoms with Gasteiger partial charge in [-0.05, 0) is 38.1 Å². The van der Waals surface area contributed by atoms with Gasteiger partial charge < -0.3 is 10.1 Å². The first-order chi connectivity index (χ1) is 9.56. The lowest BCUT2D eigenvalue weighted by molar-refractivity contribution is 0.0699. The van der Waals surface area contributed by atoms with Gasteiger partial charge in [0.25, 0.3) is 0 Å². The molecular weight excluding hydrogens is 254 g/mol. The zero-order chi connectivity index (χ0) is 14.3. The molecule has 0 spiro atoms. The van der Waals surface area contributed by atoms with Crippen LogP contribution in [0.2, 0.25) is 0 Å². The van der Waals surface area contributed by atoms with E-state index in [1.54, 1.807) is 12.1 Å². The van der Waals surface area contributed by atoms with Gasteiger partial charge >= 0.3 is 5.97 Å². The van der Waals surface area contributed by atoms with Crippen LogP contribution in [0.5, 0.6) is 0 Å². The van der Waals surface area contributed by atoms with Crippen molar-refractivity contribution < 1.29 is 9.90 Å². The second-order valence-corrected chi connectivity index (χ2v) is 4.68. The summed E-state index contributed by atoms with van der Waals surface area (Å²) in [5.41, 5.74) is 4.05. The Morgan fingerprint density at radius 2 is 1.95 bits per heavy atom. The van der Waals surface area contributed by atoms with Gasteiger partial charge in [-0.1, -0.05) is 6.07 Å². The molecular formula is C15H13N3O2. The van der Waals surface area contributed by atoms with Crippen LogP contribution in [0.1, 0.15) is 21.7 Å². The van der Waals surface area contributed by atoms with E-state index >= 15 is 0 Å². The molecule has 100 valence electrons. The Labute approximate surface area is 115 Å². The van der Waals surface area contributed by atoms with Crippen LogP contribution in [0.25, 0.3) is 22.4 Å². The van der Waals surface area contributed by atoms with E-state index in [1.807, 2.05) is 32.0 Å². The molecule has 2 aromatic heterocycles. The van der Waals surface area contributed by atoms with Gasteiger partial charge in [-0.25, -0.2) is 9.78 Å². The summed E-state index contributed by atoms with van der Waals surface area (Å²) < 4.78 is 0. The molecule has 1 aromatic carbocycles. The number of rotatable bonds is 2. The quantitative estimate of drug-likeness (QED) is 0.748. The van der Waals surface area contributed by atoms with Crippen LogP contribution in [-0.2, 0) is 0 Å². The first-order valence-corrected chi connectivity index (χ1v) is 6.23. The number of aromatic amines is 1. The second-order valence-electron chi connectivity index (χ2n) is 4.68. The molecule has 5 heteroatoms. The molecule has 0 fully saturated rings. The molecule has 0 radical (unpaired) electrons. The Balaban J connectivity index is 2.23. The van der Waals surface area contributed by atoms with Crippen molar-refractivity contribution in [1.82, 2.24) is 15.0 Å². The van der Waals surface area contributed by atoms with E-state index in [2.05, 4.69) is 15.0 Å². The molecule has 0 aliphatic rings. The average molecular weight is 267 g/mol. The second kappa shape index (κ2) is 4.45. The number of carboxylic acid groups (broad SMARTS) is 1. The van der Waals surface area contributed by atoms with E-state index in [1.165, 1.54) is 0 Å². The molecule has 20 heavy (non-hydrogen) atoms. The number of fused-ring (bicyclic) bond motifs is 1. The largest absolute Gasteiger partial charge is 0.478 e. The van der Waals surface area contributed by atoms with Gasteiger partial charge in [0.05, 0.1) is 11.1 Å². The third-order valence-corrected chi connectivity index (χ3v) is 3.22. The van der Waals surface area contributed by atoms with Crippen molar-refractivity contribution in [3.05, 3.63) is 47.3 Å². The van der Waals surface area contributed by atoms with E-state index in [4.69, 9.17) is 0 Å². The maximum atomic E-state index is 11.2. The zero-order valence-corrected chi connectivity index (χ0v) is 11.1. The summed E-state index contributed by atoms with van der Waals surface area (Å²) >= 11 is 0. The summed E-state index contributed by atoms with van der Waals surface area (Å²) in [6, 6.07) is 8.92. The minimum Gasteiger partial charge on any atom is -0.478 e.